The Balaban J connectivity index is 1.47. The van der Waals surface area contributed by atoms with Gasteiger partial charge in [-0.25, -0.2) is 4.39 Å². The molecule has 6 heteroatoms. The van der Waals surface area contributed by atoms with Crippen molar-refractivity contribution in [2.75, 3.05) is 11.9 Å². The van der Waals surface area contributed by atoms with Gasteiger partial charge in [-0.05, 0) is 47.5 Å². The van der Waals surface area contributed by atoms with E-state index >= 15 is 0 Å². The molecule has 5 aromatic rings. The molecule has 0 aliphatic carbocycles. The van der Waals surface area contributed by atoms with Crippen molar-refractivity contribution in [1.82, 2.24) is 9.88 Å². The molecule has 6 rings (SSSR count). The molecular weight excluding hydrogens is 453 g/mol. The Labute approximate surface area is 207 Å². The number of carbonyl (C=O) groups is 2. The number of nitrogens with one attached hydrogen (secondary N) is 2. The maximum absolute atomic E-state index is 13.6. The molecule has 1 unspecified atom stereocenters. The number of carbonyl (C=O) groups excluding carboxylic acids is 2. The maximum Gasteiger partial charge on any atom is 0.255 e. The fourth-order valence-electron chi connectivity index (χ4n) is 5.01. The molecule has 2 N–H and O–H groups in total. The van der Waals surface area contributed by atoms with Crippen LogP contribution in [0, 0.1) is 5.82 Å². The van der Waals surface area contributed by atoms with Gasteiger partial charge in [-0.3, -0.25) is 9.59 Å². The SMILES string of the molecule is O=C(CN1C(=O)c2ccccc2C1c1c(-c2ccccc2)[nH]c2ccccc12)Nc1ccc(F)cc1. The van der Waals surface area contributed by atoms with Crippen LogP contribution in [0.5, 0.6) is 0 Å². The van der Waals surface area contributed by atoms with Gasteiger partial charge in [-0.2, -0.15) is 0 Å². The van der Waals surface area contributed by atoms with Crippen LogP contribution in [0.3, 0.4) is 0 Å². The van der Waals surface area contributed by atoms with Crippen molar-refractivity contribution in [1.29, 1.82) is 0 Å². The van der Waals surface area contributed by atoms with Crippen molar-refractivity contribution < 1.29 is 14.0 Å². The zero-order valence-electron chi connectivity index (χ0n) is 19.2. The summed E-state index contributed by atoms with van der Waals surface area (Å²) in [6.45, 7) is -0.150. The van der Waals surface area contributed by atoms with Crippen molar-refractivity contribution in [3.05, 3.63) is 126 Å². The highest BCUT2D eigenvalue weighted by Gasteiger charge is 2.40. The number of hydrogen-bond acceptors (Lipinski definition) is 2. The van der Waals surface area contributed by atoms with Crippen LogP contribution >= 0.6 is 0 Å². The summed E-state index contributed by atoms with van der Waals surface area (Å²) in [6.07, 6.45) is 0. The third-order valence-electron chi connectivity index (χ3n) is 6.58. The highest BCUT2D eigenvalue weighted by Crippen LogP contribution is 2.45. The number of hydrogen-bond donors (Lipinski definition) is 2. The van der Waals surface area contributed by atoms with E-state index in [1.54, 1.807) is 11.0 Å². The number of aromatic amines is 1. The van der Waals surface area contributed by atoms with Crippen molar-refractivity contribution in [2.45, 2.75) is 6.04 Å². The van der Waals surface area contributed by atoms with E-state index in [0.717, 1.165) is 33.3 Å². The lowest BCUT2D eigenvalue weighted by Gasteiger charge is -2.26. The monoisotopic (exact) mass is 475 g/mol. The fraction of sp³-hybridized carbons (Fsp3) is 0.0667. The lowest BCUT2D eigenvalue weighted by Crippen LogP contribution is -2.36. The molecule has 4 aromatic carbocycles. The lowest BCUT2D eigenvalue weighted by atomic mass is 9.93. The molecule has 0 saturated carbocycles. The number of H-pyrrole nitrogens is 1. The number of rotatable bonds is 5. The number of amides is 2. The molecule has 36 heavy (non-hydrogen) atoms. The minimum atomic E-state index is -0.459. The van der Waals surface area contributed by atoms with Gasteiger partial charge in [0.1, 0.15) is 12.4 Å². The highest BCUT2D eigenvalue weighted by molar-refractivity contribution is 6.05. The van der Waals surface area contributed by atoms with E-state index in [9.17, 15) is 14.0 Å². The lowest BCUT2D eigenvalue weighted by molar-refractivity contribution is -0.117. The van der Waals surface area contributed by atoms with Gasteiger partial charge >= 0.3 is 0 Å². The first-order chi connectivity index (χ1) is 17.6. The van der Waals surface area contributed by atoms with Crippen LogP contribution in [0.1, 0.15) is 27.5 Å². The molecule has 0 spiro atoms. The zero-order valence-corrected chi connectivity index (χ0v) is 19.2. The quantitative estimate of drug-likeness (QED) is 0.320. The molecule has 1 aliphatic rings. The minimum Gasteiger partial charge on any atom is -0.354 e. The summed E-state index contributed by atoms with van der Waals surface area (Å²) in [5.74, 6) is -0.936. The van der Waals surface area contributed by atoms with Gasteiger partial charge in [0, 0.05) is 27.7 Å². The highest BCUT2D eigenvalue weighted by atomic mass is 19.1. The summed E-state index contributed by atoms with van der Waals surface area (Å²) in [5.41, 5.74) is 5.73. The minimum absolute atomic E-state index is 0.150. The van der Waals surface area contributed by atoms with Crippen LogP contribution < -0.4 is 5.32 Å². The summed E-state index contributed by atoms with van der Waals surface area (Å²) in [6, 6.07) is 30.6. The Morgan fingerprint density at radius 3 is 2.36 bits per heavy atom. The molecule has 0 fully saturated rings. The third-order valence-corrected chi connectivity index (χ3v) is 6.58. The second-order valence-electron chi connectivity index (χ2n) is 8.80. The Bertz CT molecular complexity index is 1590. The summed E-state index contributed by atoms with van der Waals surface area (Å²) in [5, 5.41) is 3.78. The molecule has 176 valence electrons. The molecule has 1 aromatic heterocycles. The van der Waals surface area contributed by atoms with E-state index in [-0.39, 0.29) is 24.2 Å². The Kier molecular flexibility index (Phi) is 5.34. The Hall–Kier alpha value is -4.71. The predicted octanol–water partition coefficient (Wildman–Crippen LogP) is 6.16. The average Bonchev–Trinajstić information content (AvgIpc) is 3.41. The number of benzene rings is 4. The van der Waals surface area contributed by atoms with Gasteiger partial charge in [0.2, 0.25) is 5.91 Å². The second-order valence-corrected chi connectivity index (χ2v) is 8.80. The van der Waals surface area contributed by atoms with E-state index in [1.807, 2.05) is 72.8 Å². The fourth-order valence-corrected chi connectivity index (χ4v) is 5.01. The van der Waals surface area contributed by atoms with Gasteiger partial charge in [0.05, 0.1) is 11.7 Å². The van der Waals surface area contributed by atoms with Crippen LogP contribution in [-0.4, -0.2) is 28.2 Å². The number of fused-ring (bicyclic) bond motifs is 2. The van der Waals surface area contributed by atoms with Crippen molar-refractivity contribution in [3.8, 4) is 11.3 Å². The van der Waals surface area contributed by atoms with Crippen molar-refractivity contribution >= 4 is 28.4 Å². The third kappa shape index (κ3) is 3.73. The largest absolute Gasteiger partial charge is 0.354 e. The van der Waals surface area contributed by atoms with E-state index in [0.29, 0.717) is 11.3 Å². The summed E-state index contributed by atoms with van der Waals surface area (Å²) >= 11 is 0. The van der Waals surface area contributed by atoms with Crippen LogP contribution in [0.4, 0.5) is 10.1 Å². The van der Waals surface area contributed by atoms with Crippen molar-refractivity contribution in [3.63, 3.8) is 0 Å². The molecule has 2 heterocycles. The van der Waals surface area contributed by atoms with E-state index in [4.69, 9.17) is 0 Å². The van der Waals surface area contributed by atoms with E-state index in [1.165, 1.54) is 24.3 Å². The summed E-state index contributed by atoms with van der Waals surface area (Å²) in [4.78, 5) is 31.8. The maximum atomic E-state index is 13.6. The predicted molar refractivity (Wildman–Crippen MR) is 138 cm³/mol. The van der Waals surface area contributed by atoms with Crippen LogP contribution in [0.25, 0.3) is 22.2 Å². The number of halogens is 1. The molecule has 0 radical (unpaired) electrons. The molecule has 1 atom stereocenters. The molecule has 0 bridgehead atoms. The first-order valence-corrected chi connectivity index (χ1v) is 11.7. The summed E-state index contributed by atoms with van der Waals surface area (Å²) < 4.78 is 13.3. The average molecular weight is 476 g/mol. The van der Waals surface area contributed by atoms with Crippen LogP contribution in [-0.2, 0) is 4.79 Å². The van der Waals surface area contributed by atoms with Gasteiger partial charge < -0.3 is 15.2 Å². The molecular formula is C30H22FN3O2. The van der Waals surface area contributed by atoms with Gasteiger partial charge in [-0.1, -0.05) is 66.7 Å². The number of aromatic nitrogens is 1. The van der Waals surface area contributed by atoms with Gasteiger partial charge in [0.15, 0.2) is 0 Å². The first-order valence-electron chi connectivity index (χ1n) is 11.7. The Morgan fingerprint density at radius 2 is 1.56 bits per heavy atom. The topological polar surface area (TPSA) is 65.2 Å². The zero-order chi connectivity index (χ0) is 24.6. The number of para-hydroxylation sites is 1. The molecule has 2 amide bonds. The normalized spacial score (nSPS) is 14.8. The molecule has 0 saturated heterocycles. The second kappa shape index (κ2) is 8.82. The van der Waals surface area contributed by atoms with Gasteiger partial charge in [-0.15, -0.1) is 0 Å². The van der Waals surface area contributed by atoms with Gasteiger partial charge in [0.25, 0.3) is 5.91 Å². The van der Waals surface area contributed by atoms with Crippen LogP contribution in [0.15, 0.2) is 103 Å². The standard InChI is InChI=1S/C30H22FN3O2/c31-20-14-16-21(17-15-20)32-26(35)18-34-29(22-10-4-5-11-23(22)30(34)36)27-24-12-6-7-13-25(24)33-28(27)19-8-2-1-3-9-19/h1-17,29,33H,18H2,(H,32,35). The van der Waals surface area contributed by atoms with E-state index in [2.05, 4.69) is 10.3 Å². The molecule has 1 aliphatic heterocycles. The Morgan fingerprint density at radius 1 is 0.861 bits per heavy atom. The van der Waals surface area contributed by atoms with Crippen LogP contribution in [0.2, 0.25) is 0 Å². The number of anilines is 1. The first kappa shape index (κ1) is 21.8. The smallest absolute Gasteiger partial charge is 0.255 e. The summed E-state index contributed by atoms with van der Waals surface area (Å²) in [7, 11) is 0. The number of nitrogens with zero attached hydrogens (tertiary/aromatic N) is 1. The molecule has 5 nitrogen and oxygen atoms in total. The van der Waals surface area contributed by atoms with Crippen molar-refractivity contribution in [2.24, 2.45) is 0 Å². The van der Waals surface area contributed by atoms with E-state index < -0.39 is 6.04 Å².